The Bertz CT molecular complexity index is 600. The Morgan fingerprint density at radius 2 is 2.05 bits per heavy atom. The predicted molar refractivity (Wildman–Crippen MR) is 84.1 cm³/mol. The minimum atomic E-state index is 0.407. The molecule has 1 heterocycles. The number of anilines is 1. The second kappa shape index (κ2) is 7.14. The standard InChI is InChI=1S/C14H18N4O2S/c1-4-9-5-6-10(11(7-9)19-2)20-13-8-12(18-15)16-14(17-13)21-3/h5-8H,4,15H2,1-3H3,(H,16,17,18). The van der Waals surface area contributed by atoms with Crippen LogP contribution in [0.4, 0.5) is 5.82 Å². The average Bonchev–Trinajstić information content (AvgIpc) is 2.54. The molecule has 0 bridgehead atoms. The Morgan fingerprint density at radius 3 is 2.67 bits per heavy atom. The van der Waals surface area contributed by atoms with Gasteiger partial charge in [0.25, 0.3) is 0 Å². The van der Waals surface area contributed by atoms with Crippen molar-refractivity contribution in [1.29, 1.82) is 0 Å². The summed E-state index contributed by atoms with van der Waals surface area (Å²) in [6.07, 6.45) is 2.82. The van der Waals surface area contributed by atoms with Crippen LogP contribution in [-0.2, 0) is 6.42 Å². The fourth-order valence-corrected chi connectivity index (χ4v) is 2.12. The van der Waals surface area contributed by atoms with Crippen LogP contribution in [0.3, 0.4) is 0 Å². The summed E-state index contributed by atoms with van der Waals surface area (Å²) >= 11 is 1.41. The van der Waals surface area contributed by atoms with E-state index in [0.29, 0.717) is 28.4 Å². The Hall–Kier alpha value is -1.99. The molecular formula is C14H18N4O2S. The molecule has 0 saturated heterocycles. The maximum atomic E-state index is 5.80. The number of nitrogens with two attached hydrogens (primary N) is 1. The van der Waals surface area contributed by atoms with Gasteiger partial charge in [0.15, 0.2) is 16.7 Å². The number of nitrogens with zero attached hydrogens (tertiary/aromatic N) is 2. The molecule has 0 saturated carbocycles. The highest BCUT2D eigenvalue weighted by Gasteiger charge is 2.10. The van der Waals surface area contributed by atoms with E-state index in [9.17, 15) is 0 Å². The Labute approximate surface area is 128 Å². The molecule has 0 aliphatic rings. The lowest BCUT2D eigenvalue weighted by Crippen LogP contribution is -2.09. The van der Waals surface area contributed by atoms with Crippen LogP contribution in [-0.4, -0.2) is 23.3 Å². The molecule has 0 fully saturated rings. The number of thioether (sulfide) groups is 1. The minimum absolute atomic E-state index is 0.407. The van der Waals surface area contributed by atoms with E-state index < -0.39 is 0 Å². The molecule has 0 unspecified atom stereocenters. The zero-order valence-corrected chi connectivity index (χ0v) is 13.0. The fourth-order valence-electron chi connectivity index (χ4n) is 1.75. The quantitative estimate of drug-likeness (QED) is 0.367. The van der Waals surface area contributed by atoms with Crippen LogP contribution in [0.15, 0.2) is 29.4 Å². The molecule has 1 aromatic carbocycles. The number of aryl methyl sites for hydroxylation is 1. The highest BCUT2D eigenvalue weighted by molar-refractivity contribution is 7.98. The maximum absolute atomic E-state index is 5.80. The highest BCUT2D eigenvalue weighted by atomic mass is 32.2. The van der Waals surface area contributed by atoms with Crippen molar-refractivity contribution in [3.8, 4) is 17.4 Å². The van der Waals surface area contributed by atoms with Crippen LogP contribution in [0.5, 0.6) is 17.4 Å². The zero-order chi connectivity index (χ0) is 15.2. The molecular weight excluding hydrogens is 288 g/mol. The summed E-state index contributed by atoms with van der Waals surface area (Å²) in [5, 5.41) is 0.574. The molecule has 3 N–H and O–H groups in total. The van der Waals surface area contributed by atoms with Crippen molar-refractivity contribution in [3.05, 3.63) is 29.8 Å². The highest BCUT2D eigenvalue weighted by Crippen LogP contribution is 2.32. The van der Waals surface area contributed by atoms with Gasteiger partial charge in [-0.1, -0.05) is 24.8 Å². The second-order valence-electron chi connectivity index (χ2n) is 4.16. The molecule has 0 aliphatic carbocycles. The summed E-state index contributed by atoms with van der Waals surface area (Å²) in [7, 11) is 1.61. The molecule has 7 heteroatoms. The van der Waals surface area contributed by atoms with Crippen molar-refractivity contribution in [1.82, 2.24) is 9.97 Å². The van der Waals surface area contributed by atoms with E-state index in [2.05, 4.69) is 22.3 Å². The van der Waals surface area contributed by atoms with E-state index in [1.54, 1.807) is 13.2 Å². The van der Waals surface area contributed by atoms with Gasteiger partial charge in [-0.25, -0.2) is 10.8 Å². The van der Waals surface area contributed by atoms with Crippen LogP contribution < -0.4 is 20.7 Å². The van der Waals surface area contributed by atoms with Crippen molar-refractivity contribution in [3.63, 3.8) is 0 Å². The molecule has 0 aliphatic heterocycles. The molecule has 2 rings (SSSR count). The van der Waals surface area contributed by atoms with Crippen molar-refractivity contribution < 1.29 is 9.47 Å². The third-order valence-corrected chi connectivity index (χ3v) is 3.41. The van der Waals surface area contributed by atoms with Gasteiger partial charge in [0.1, 0.15) is 5.82 Å². The van der Waals surface area contributed by atoms with Gasteiger partial charge >= 0.3 is 0 Å². The summed E-state index contributed by atoms with van der Waals surface area (Å²) in [4.78, 5) is 8.48. The number of benzene rings is 1. The van der Waals surface area contributed by atoms with Crippen molar-refractivity contribution in [2.24, 2.45) is 5.84 Å². The van der Waals surface area contributed by atoms with Crippen molar-refractivity contribution in [2.75, 3.05) is 18.8 Å². The maximum Gasteiger partial charge on any atom is 0.225 e. The minimum Gasteiger partial charge on any atom is -0.493 e. The lowest BCUT2D eigenvalue weighted by atomic mass is 10.1. The summed E-state index contributed by atoms with van der Waals surface area (Å²) in [5.41, 5.74) is 3.68. The van der Waals surface area contributed by atoms with Crippen LogP contribution >= 0.6 is 11.8 Å². The summed E-state index contributed by atoms with van der Waals surface area (Å²) in [5.74, 6) is 7.57. The van der Waals surface area contributed by atoms with Gasteiger partial charge < -0.3 is 14.9 Å². The first-order valence-corrected chi connectivity index (χ1v) is 7.67. The molecule has 0 spiro atoms. The molecule has 6 nitrogen and oxygen atoms in total. The van der Waals surface area contributed by atoms with Gasteiger partial charge in [0.05, 0.1) is 7.11 Å². The largest absolute Gasteiger partial charge is 0.493 e. The number of ether oxygens (including phenoxy) is 2. The second-order valence-corrected chi connectivity index (χ2v) is 4.94. The van der Waals surface area contributed by atoms with Gasteiger partial charge in [-0.05, 0) is 30.4 Å². The number of nitrogens with one attached hydrogen (secondary N) is 1. The summed E-state index contributed by atoms with van der Waals surface area (Å²) in [6.45, 7) is 2.09. The average molecular weight is 306 g/mol. The first-order valence-electron chi connectivity index (χ1n) is 6.44. The van der Waals surface area contributed by atoms with Gasteiger partial charge in [-0.3, -0.25) is 0 Å². The number of aromatic nitrogens is 2. The molecule has 0 radical (unpaired) electrons. The third-order valence-electron chi connectivity index (χ3n) is 2.86. The lowest BCUT2D eigenvalue weighted by molar-refractivity contribution is 0.372. The monoisotopic (exact) mass is 306 g/mol. The topological polar surface area (TPSA) is 82.3 Å². The van der Waals surface area contributed by atoms with Crippen LogP contribution in [0.25, 0.3) is 0 Å². The molecule has 21 heavy (non-hydrogen) atoms. The van der Waals surface area contributed by atoms with Gasteiger partial charge in [0.2, 0.25) is 5.88 Å². The number of hydrogen-bond acceptors (Lipinski definition) is 7. The van der Waals surface area contributed by atoms with Gasteiger partial charge in [0, 0.05) is 6.07 Å². The number of rotatable bonds is 6. The van der Waals surface area contributed by atoms with Crippen LogP contribution in [0.2, 0.25) is 0 Å². The molecule has 0 atom stereocenters. The third kappa shape index (κ3) is 3.77. The van der Waals surface area contributed by atoms with Crippen LogP contribution in [0, 0.1) is 0 Å². The number of hydrazine groups is 1. The number of methoxy groups -OCH3 is 1. The van der Waals surface area contributed by atoms with Gasteiger partial charge in [-0.2, -0.15) is 4.98 Å². The van der Waals surface area contributed by atoms with Crippen molar-refractivity contribution >= 4 is 17.6 Å². The zero-order valence-electron chi connectivity index (χ0n) is 12.2. The Morgan fingerprint density at radius 1 is 1.24 bits per heavy atom. The first-order chi connectivity index (χ1) is 10.2. The smallest absolute Gasteiger partial charge is 0.225 e. The normalized spacial score (nSPS) is 10.3. The first kappa shape index (κ1) is 15.4. The van der Waals surface area contributed by atoms with E-state index in [4.69, 9.17) is 15.3 Å². The molecule has 0 amide bonds. The number of nitrogen functional groups attached to an aromatic ring is 1. The summed E-state index contributed by atoms with van der Waals surface area (Å²) < 4.78 is 11.2. The number of hydrogen-bond donors (Lipinski definition) is 2. The van der Waals surface area contributed by atoms with Crippen molar-refractivity contribution in [2.45, 2.75) is 18.5 Å². The molecule has 1 aromatic heterocycles. The van der Waals surface area contributed by atoms with E-state index >= 15 is 0 Å². The van der Waals surface area contributed by atoms with E-state index in [1.807, 2.05) is 24.5 Å². The predicted octanol–water partition coefficient (Wildman–Crippen LogP) is 2.85. The molecule has 112 valence electrons. The Kier molecular flexibility index (Phi) is 5.24. The van der Waals surface area contributed by atoms with E-state index in [0.717, 1.165) is 6.42 Å². The van der Waals surface area contributed by atoms with Gasteiger partial charge in [-0.15, -0.1) is 0 Å². The Balaban J connectivity index is 2.33. The van der Waals surface area contributed by atoms with E-state index in [-0.39, 0.29) is 0 Å². The van der Waals surface area contributed by atoms with Crippen LogP contribution in [0.1, 0.15) is 12.5 Å². The summed E-state index contributed by atoms with van der Waals surface area (Å²) in [6, 6.07) is 7.45. The SMILES string of the molecule is CCc1ccc(Oc2cc(NN)nc(SC)n2)c(OC)c1. The lowest BCUT2D eigenvalue weighted by Gasteiger charge is -2.12. The van der Waals surface area contributed by atoms with E-state index in [1.165, 1.54) is 17.3 Å². The fraction of sp³-hybridized carbons (Fsp3) is 0.286. The molecule has 2 aromatic rings.